The maximum atomic E-state index is 12.5. The van der Waals surface area contributed by atoms with Crippen molar-refractivity contribution < 1.29 is 9.21 Å². The number of para-hydroxylation sites is 1. The van der Waals surface area contributed by atoms with Gasteiger partial charge in [0.1, 0.15) is 5.76 Å². The van der Waals surface area contributed by atoms with Gasteiger partial charge >= 0.3 is 0 Å². The number of aromatic nitrogens is 2. The van der Waals surface area contributed by atoms with Gasteiger partial charge in [-0.05, 0) is 37.6 Å². The van der Waals surface area contributed by atoms with Crippen molar-refractivity contribution in [2.75, 3.05) is 11.9 Å². The van der Waals surface area contributed by atoms with Gasteiger partial charge in [0.05, 0.1) is 17.1 Å². The average Bonchev–Trinajstić information content (AvgIpc) is 3.14. The van der Waals surface area contributed by atoms with Crippen molar-refractivity contribution in [3.8, 4) is 0 Å². The molecule has 28 heavy (non-hydrogen) atoms. The molecule has 7 heteroatoms. The molecule has 0 aliphatic carbocycles. The third kappa shape index (κ3) is 4.08. The minimum Gasteiger partial charge on any atom is -0.459 e. The Bertz CT molecular complexity index is 953. The number of fused-ring (bicyclic) bond motifs is 2. The van der Waals surface area contributed by atoms with E-state index in [-0.39, 0.29) is 18.3 Å². The molecule has 2 N–H and O–H groups in total. The first-order valence-electron chi connectivity index (χ1n) is 9.73. The van der Waals surface area contributed by atoms with Crippen molar-refractivity contribution in [1.82, 2.24) is 15.1 Å². The van der Waals surface area contributed by atoms with Gasteiger partial charge in [0, 0.05) is 37.7 Å². The number of furan rings is 1. The van der Waals surface area contributed by atoms with Crippen LogP contribution in [0.25, 0.3) is 11.0 Å². The van der Waals surface area contributed by atoms with Crippen molar-refractivity contribution in [3.63, 3.8) is 0 Å². The predicted molar refractivity (Wildman–Crippen MR) is 113 cm³/mol. The number of nitrogens with zero attached hydrogens (tertiary/aromatic N) is 2. The first-order valence-corrected chi connectivity index (χ1v) is 9.73. The zero-order valence-corrected chi connectivity index (χ0v) is 17.2. The smallest absolute Gasteiger partial charge is 0.224 e. The molecule has 150 valence electrons. The lowest BCUT2D eigenvalue weighted by Crippen LogP contribution is -2.13. The molecule has 6 nitrogen and oxygen atoms in total. The van der Waals surface area contributed by atoms with E-state index in [9.17, 15) is 4.79 Å². The van der Waals surface area contributed by atoms with Crippen molar-refractivity contribution in [1.29, 1.82) is 0 Å². The number of hydrogen-bond donors (Lipinski definition) is 2. The summed E-state index contributed by atoms with van der Waals surface area (Å²) >= 11 is 0. The van der Waals surface area contributed by atoms with Crippen LogP contribution < -0.4 is 10.6 Å². The van der Waals surface area contributed by atoms with Gasteiger partial charge in [-0.2, -0.15) is 5.10 Å². The summed E-state index contributed by atoms with van der Waals surface area (Å²) in [5.41, 5.74) is 4.83. The molecule has 0 fully saturated rings. The van der Waals surface area contributed by atoms with Gasteiger partial charge in [0.25, 0.3) is 0 Å². The van der Waals surface area contributed by atoms with Gasteiger partial charge in [0.2, 0.25) is 5.91 Å². The average molecular weight is 403 g/mol. The second-order valence-corrected chi connectivity index (χ2v) is 7.11. The van der Waals surface area contributed by atoms with Gasteiger partial charge in [-0.15, -0.1) is 12.4 Å². The zero-order chi connectivity index (χ0) is 18.8. The van der Waals surface area contributed by atoms with Gasteiger partial charge in [0.15, 0.2) is 5.58 Å². The van der Waals surface area contributed by atoms with Crippen LogP contribution in [0.4, 0.5) is 5.69 Å². The van der Waals surface area contributed by atoms with Crippen LogP contribution in [0.5, 0.6) is 0 Å². The Morgan fingerprint density at radius 3 is 3.07 bits per heavy atom. The van der Waals surface area contributed by atoms with E-state index in [1.807, 2.05) is 18.2 Å². The molecule has 1 aliphatic heterocycles. The van der Waals surface area contributed by atoms with E-state index < -0.39 is 0 Å². The summed E-state index contributed by atoms with van der Waals surface area (Å²) in [6, 6.07) is 8.00. The molecular formula is C21H27ClN4O2. The van der Waals surface area contributed by atoms with Crippen LogP contribution in [0.3, 0.4) is 0 Å². The largest absolute Gasteiger partial charge is 0.459 e. The lowest BCUT2D eigenvalue weighted by atomic mass is 10.1. The fraction of sp³-hybridized carbons (Fsp3) is 0.429. The number of carbonyl (C=O) groups is 1. The number of rotatable bonds is 5. The fourth-order valence-electron chi connectivity index (χ4n) is 3.73. The molecule has 0 atom stereocenters. The number of aryl methyl sites for hydroxylation is 4. The minimum absolute atomic E-state index is 0. The van der Waals surface area contributed by atoms with Crippen LogP contribution in [0.1, 0.15) is 42.5 Å². The number of nitrogens with one attached hydrogen (secondary N) is 2. The summed E-state index contributed by atoms with van der Waals surface area (Å²) in [5, 5.41) is 12.1. The molecule has 0 bridgehead atoms. The Kier molecular flexibility index (Phi) is 6.42. The number of benzene rings is 1. The number of halogens is 1. The highest BCUT2D eigenvalue weighted by Crippen LogP contribution is 2.31. The summed E-state index contributed by atoms with van der Waals surface area (Å²) in [7, 11) is 0. The molecule has 0 saturated heterocycles. The van der Waals surface area contributed by atoms with Crippen molar-refractivity contribution in [3.05, 3.63) is 47.0 Å². The normalized spacial score (nSPS) is 13.6. The molecular weight excluding hydrogens is 376 g/mol. The summed E-state index contributed by atoms with van der Waals surface area (Å²) in [6.45, 7) is 6.95. The molecule has 2 aromatic heterocycles. The standard InChI is InChI=1S/C21H26N4O2.ClH/c1-3-19-14(2)17-6-4-7-18(21(17)27-19)23-20(26)9-8-15-12-16-13-22-10-5-11-25(16)24-15;/h4,6-7,12,22H,3,5,8-11,13H2,1-2H3,(H,23,26);1H. The molecule has 0 radical (unpaired) electrons. The van der Waals surface area contributed by atoms with Crippen LogP contribution in [-0.2, 0) is 30.7 Å². The summed E-state index contributed by atoms with van der Waals surface area (Å²) in [6.07, 6.45) is 2.97. The monoisotopic (exact) mass is 402 g/mol. The molecule has 4 rings (SSSR count). The van der Waals surface area contributed by atoms with Crippen LogP contribution >= 0.6 is 12.4 Å². The molecule has 1 aliphatic rings. The Morgan fingerprint density at radius 2 is 2.25 bits per heavy atom. The van der Waals surface area contributed by atoms with Crippen molar-refractivity contribution in [2.24, 2.45) is 0 Å². The van der Waals surface area contributed by atoms with Crippen LogP contribution in [-0.4, -0.2) is 22.2 Å². The Hall–Kier alpha value is -2.31. The van der Waals surface area contributed by atoms with E-state index in [1.54, 1.807) is 0 Å². The van der Waals surface area contributed by atoms with E-state index in [0.29, 0.717) is 12.8 Å². The lowest BCUT2D eigenvalue weighted by molar-refractivity contribution is -0.116. The number of hydrogen-bond acceptors (Lipinski definition) is 4. The molecule has 1 amide bonds. The molecule has 3 heterocycles. The van der Waals surface area contributed by atoms with E-state index in [0.717, 1.165) is 66.2 Å². The minimum atomic E-state index is -0.0177. The summed E-state index contributed by atoms with van der Waals surface area (Å²) < 4.78 is 8.03. The van der Waals surface area contributed by atoms with Gasteiger partial charge in [-0.25, -0.2) is 0 Å². The summed E-state index contributed by atoms with van der Waals surface area (Å²) in [4.78, 5) is 12.5. The third-order valence-corrected chi connectivity index (χ3v) is 5.21. The topological polar surface area (TPSA) is 72.1 Å². The number of anilines is 1. The molecule has 1 aromatic carbocycles. The second-order valence-electron chi connectivity index (χ2n) is 7.11. The van der Waals surface area contributed by atoms with Crippen LogP contribution in [0, 0.1) is 6.92 Å². The molecule has 3 aromatic rings. The SMILES string of the molecule is CCc1oc2c(NC(=O)CCc3cc4n(n3)CCCNC4)cccc2c1C.Cl. The quantitative estimate of drug-likeness (QED) is 0.676. The van der Waals surface area contributed by atoms with Crippen LogP contribution in [0.2, 0.25) is 0 Å². The highest BCUT2D eigenvalue weighted by Gasteiger charge is 2.15. The van der Waals surface area contributed by atoms with E-state index in [1.165, 1.54) is 5.69 Å². The number of amides is 1. The van der Waals surface area contributed by atoms with E-state index in [2.05, 4.69) is 40.3 Å². The van der Waals surface area contributed by atoms with Gasteiger partial charge in [-0.1, -0.05) is 19.1 Å². The van der Waals surface area contributed by atoms with E-state index >= 15 is 0 Å². The first kappa shape index (κ1) is 20.4. The third-order valence-electron chi connectivity index (χ3n) is 5.21. The Balaban J connectivity index is 0.00000225. The predicted octanol–water partition coefficient (Wildman–Crippen LogP) is 3.99. The zero-order valence-electron chi connectivity index (χ0n) is 16.4. The van der Waals surface area contributed by atoms with Gasteiger partial charge in [-0.3, -0.25) is 9.48 Å². The molecule has 0 saturated carbocycles. The first-order chi connectivity index (χ1) is 13.2. The van der Waals surface area contributed by atoms with Crippen LogP contribution in [0.15, 0.2) is 28.7 Å². The lowest BCUT2D eigenvalue weighted by Gasteiger charge is -2.05. The second kappa shape index (κ2) is 8.80. The Morgan fingerprint density at radius 1 is 1.39 bits per heavy atom. The maximum Gasteiger partial charge on any atom is 0.224 e. The van der Waals surface area contributed by atoms with Gasteiger partial charge < -0.3 is 15.1 Å². The highest BCUT2D eigenvalue weighted by atomic mass is 35.5. The number of carbonyl (C=O) groups excluding carboxylic acids is 1. The van der Waals surface area contributed by atoms with Crippen molar-refractivity contribution >= 4 is 35.0 Å². The maximum absolute atomic E-state index is 12.5. The van der Waals surface area contributed by atoms with E-state index in [4.69, 9.17) is 4.42 Å². The Labute approximate surface area is 171 Å². The highest BCUT2D eigenvalue weighted by molar-refractivity contribution is 6.00. The fourth-order valence-corrected chi connectivity index (χ4v) is 3.73. The summed E-state index contributed by atoms with van der Waals surface area (Å²) in [5.74, 6) is 0.954. The molecule has 0 spiro atoms. The van der Waals surface area contributed by atoms with Crippen molar-refractivity contribution in [2.45, 2.75) is 52.6 Å². The molecule has 0 unspecified atom stereocenters.